The Labute approximate surface area is 115 Å². The summed E-state index contributed by atoms with van der Waals surface area (Å²) >= 11 is 0. The van der Waals surface area contributed by atoms with Crippen molar-refractivity contribution in [3.8, 4) is 0 Å². The van der Waals surface area contributed by atoms with Crippen LogP contribution in [-0.2, 0) is 4.79 Å². The summed E-state index contributed by atoms with van der Waals surface area (Å²) in [5, 5.41) is 14.3. The predicted molar refractivity (Wildman–Crippen MR) is 74.1 cm³/mol. The van der Waals surface area contributed by atoms with Crippen LogP contribution in [0.1, 0.15) is 58.8 Å². The van der Waals surface area contributed by atoms with Gasteiger partial charge in [-0.05, 0) is 37.5 Å². The van der Waals surface area contributed by atoms with Crippen LogP contribution >= 0.6 is 0 Å². The van der Waals surface area contributed by atoms with Crippen LogP contribution in [0.2, 0.25) is 0 Å². The van der Waals surface area contributed by atoms with Crippen molar-refractivity contribution < 1.29 is 14.7 Å². The number of hydrogen-bond acceptors (Lipinski definition) is 2. The Bertz CT molecular complexity index is 316. The molecule has 1 rings (SSSR count). The number of carboxylic acid groups (broad SMARTS) is 1. The monoisotopic (exact) mass is 270 g/mol. The summed E-state index contributed by atoms with van der Waals surface area (Å²) in [6.07, 6.45) is 5.94. The number of nitrogens with one attached hydrogen (secondary N) is 2. The molecule has 0 aromatic rings. The first-order chi connectivity index (χ1) is 8.89. The number of carbonyl (C=O) groups is 2. The van der Waals surface area contributed by atoms with Gasteiger partial charge in [-0.2, -0.15) is 0 Å². The number of aliphatic carboxylic acids is 1. The van der Waals surface area contributed by atoms with Crippen molar-refractivity contribution in [1.29, 1.82) is 0 Å². The van der Waals surface area contributed by atoms with Crippen molar-refractivity contribution in [3.05, 3.63) is 0 Å². The van der Waals surface area contributed by atoms with Crippen LogP contribution in [0.15, 0.2) is 0 Å². The highest BCUT2D eigenvalue weighted by Crippen LogP contribution is 2.34. The minimum atomic E-state index is -0.783. The van der Waals surface area contributed by atoms with Crippen LogP contribution in [0.4, 0.5) is 4.79 Å². The minimum Gasteiger partial charge on any atom is -0.481 e. The van der Waals surface area contributed by atoms with E-state index in [4.69, 9.17) is 5.11 Å². The fraction of sp³-hybridized carbons (Fsp3) is 0.857. The molecular formula is C14H26N2O3. The fourth-order valence-corrected chi connectivity index (χ4v) is 2.66. The molecule has 1 aliphatic rings. The van der Waals surface area contributed by atoms with E-state index in [0.717, 1.165) is 19.3 Å². The summed E-state index contributed by atoms with van der Waals surface area (Å²) in [6, 6.07) is 0.140. The predicted octanol–water partition coefficient (Wildman–Crippen LogP) is 2.51. The molecule has 1 fully saturated rings. The molecule has 0 spiro atoms. The SMILES string of the molecule is CC1(C)CCCC(NC(=O)NCCCCC(=O)O)C1. The van der Waals surface area contributed by atoms with Crippen molar-refractivity contribution >= 4 is 12.0 Å². The Morgan fingerprint density at radius 2 is 2.05 bits per heavy atom. The van der Waals surface area contributed by atoms with Gasteiger partial charge >= 0.3 is 12.0 Å². The van der Waals surface area contributed by atoms with E-state index in [1.54, 1.807) is 0 Å². The molecule has 0 saturated heterocycles. The number of hydrogen-bond donors (Lipinski definition) is 3. The second kappa shape index (κ2) is 7.36. The lowest BCUT2D eigenvalue weighted by Gasteiger charge is -2.35. The Morgan fingerprint density at radius 1 is 1.32 bits per heavy atom. The van der Waals surface area contributed by atoms with Crippen molar-refractivity contribution in [1.82, 2.24) is 10.6 Å². The van der Waals surface area contributed by atoms with E-state index >= 15 is 0 Å². The van der Waals surface area contributed by atoms with E-state index in [1.807, 2.05) is 0 Å². The molecule has 0 heterocycles. The van der Waals surface area contributed by atoms with Gasteiger partial charge in [0.1, 0.15) is 0 Å². The highest BCUT2D eigenvalue weighted by atomic mass is 16.4. The molecule has 1 unspecified atom stereocenters. The van der Waals surface area contributed by atoms with E-state index in [9.17, 15) is 9.59 Å². The second-order valence-electron chi connectivity index (χ2n) is 6.21. The summed E-state index contributed by atoms with van der Waals surface area (Å²) in [5.74, 6) is -0.783. The lowest BCUT2D eigenvalue weighted by atomic mass is 9.75. The number of amides is 2. The third-order valence-corrected chi connectivity index (χ3v) is 3.64. The van der Waals surface area contributed by atoms with Gasteiger partial charge in [0.05, 0.1) is 0 Å². The van der Waals surface area contributed by atoms with Crippen LogP contribution in [0.3, 0.4) is 0 Å². The molecule has 110 valence electrons. The first kappa shape index (κ1) is 15.8. The average molecular weight is 270 g/mol. The summed E-state index contributed by atoms with van der Waals surface area (Å²) in [4.78, 5) is 22.0. The largest absolute Gasteiger partial charge is 0.481 e. The van der Waals surface area contributed by atoms with Crippen molar-refractivity contribution in [2.75, 3.05) is 6.54 Å². The molecule has 0 aromatic heterocycles. The van der Waals surface area contributed by atoms with Gasteiger partial charge in [0.25, 0.3) is 0 Å². The smallest absolute Gasteiger partial charge is 0.315 e. The maximum Gasteiger partial charge on any atom is 0.315 e. The molecule has 3 N–H and O–H groups in total. The Kier molecular flexibility index (Phi) is 6.12. The zero-order chi connectivity index (χ0) is 14.3. The average Bonchev–Trinajstić information content (AvgIpc) is 2.26. The Hall–Kier alpha value is -1.26. The van der Waals surface area contributed by atoms with Crippen LogP contribution in [-0.4, -0.2) is 29.7 Å². The number of carbonyl (C=O) groups excluding carboxylic acids is 1. The number of carboxylic acids is 1. The topological polar surface area (TPSA) is 78.4 Å². The third kappa shape index (κ3) is 7.03. The quantitative estimate of drug-likeness (QED) is 0.649. The fourth-order valence-electron chi connectivity index (χ4n) is 2.66. The van der Waals surface area contributed by atoms with Crippen molar-refractivity contribution in [2.45, 2.75) is 64.8 Å². The number of unbranched alkanes of at least 4 members (excludes halogenated alkanes) is 1. The summed E-state index contributed by atoms with van der Waals surface area (Å²) in [6.45, 7) is 5.02. The van der Waals surface area contributed by atoms with Crippen molar-refractivity contribution in [2.24, 2.45) is 5.41 Å². The van der Waals surface area contributed by atoms with Gasteiger partial charge in [-0.25, -0.2) is 4.79 Å². The molecule has 5 nitrogen and oxygen atoms in total. The molecule has 2 amide bonds. The van der Waals surface area contributed by atoms with Crippen LogP contribution in [0.25, 0.3) is 0 Å². The van der Waals surface area contributed by atoms with Crippen molar-refractivity contribution in [3.63, 3.8) is 0 Å². The second-order valence-corrected chi connectivity index (χ2v) is 6.21. The lowest BCUT2D eigenvalue weighted by molar-refractivity contribution is -0.137. The summed E-state index contributed by atoms with van der Waals surface area (Å²) in [7, 11) is 0. The maximum atomic E-state index is 11.7. The standard InChI is InChI=1S/C14H26N2O3/c1-14(2)8-5-6-11(10-14)16-13(19)15-9-4-3-7-12(17)18/h11H,3-10H2,1-2H3,(H,17,18)(H2,15,16,19). The Morgan fingerprint density at radius 3 is 2.68 bits per heavy atom. The molecule has 0 aliphatic heterocycles. The molecule has 1 aliphatic carbocycles. The molecule has 0 radical (unpaired) electrons. The highest BCUT2D eigenvalue weighted by molar-refractivity contribution is 5.74. The molecule has 1 atom stereocenters. The zero-order valence-corrected chi connectivity index (χ0v) is 12.0. The molecular weight excluding hydrogens is 244 g/mol. The van der Waals surface area contributed by atoms with Gasteiger partial charge in [-0.3, -0.25) is 4.79 Å². The molecule has 1 saturated carbocycles. The molecule has 19 heavy (non-hydrogen) atoms. The minimum absolute atomic E-state index is 0.127. The lowest BCUT2D eigenvalue weighted by Crippen LogP contribution is -2.45. The van der Waals surface area contributed by atoms with E-state index in [-0.39, 0.29) is 18.5 Å². The number of rotatable bonds is 6. The van der Waals surface area contributed by atoms with Gasteiger partial charge in [-0.1, -0.05) is 20.3 Å². The zero-order valence-electron chi connectivity index (χ0n) is 12.0. The third-order valence-electron chi connectivity index (χ3n) is 3.64. The van der Waals surface area contributed by atoms with Crippen LogP contribution in [0, 0.1) is 5.41 Å². The summed E-state index contributed by atoms with van der Waals surface area (Å²) < 4.78 is 0. The van der Waals surface area contributed by atoms with Crippen LogP contribution in [0.5, 0.6) is 0 Å². The maximum absolute atomic E-state index is 11.7. The van der Waals surface area contributed by atoms with E-state index < -0.39 is 5.97 Å². The van der Waals surface area contributed by atoms with Gasteiger partial charge in [0, 0.05) is 19.0 Å². The normalized spacial score (nSPS) is 21.7. The Balaban J connectivity index is 2.12. The van der Waals surface area contributed by atoms with E-state index in [1.165, 1.54) is 6.42 Å². The molecule has 5 heteroatoms. The van der Waals surface area contributed by atoms with E-state index in [2.05, 4.69) is 24.5 Å². The molecule has 0 aromatic carbocycles. The first-order valence-corrected chi connectivity index (χ1v) is 7.15. The van der Waals surface area contributed by atoms with Gasteiger partial charge in [0.15, 0.2) is 0 Å². The van der Waals surface area contributed by atoms with Crippen LogP contribution < -0.4 is 10.6 Å². The van der Waals surface area contributed by atoms with Gasteiger partial charge < -0.3 is 15.7 Å². The van der Waals surface area contributed by atoms with Gasteiger partial charge in [0.2, 0.25) is 0 Å². The summed E-state index contributed by atoms with van der Waals surface area (Å²) in [5.41, 5.74) is 0.317. The van der Waals surface area contributed by atoms with E-state index in [0.29, 0.717) is 24.8 Å². The highest BCUT2D eigenvalue weighted by Gasteiger charge is 2.28. The molecule has 0 bridgehead atoms. The first-order valence-electron chi connectivity index (χ1n) is 7.15. The number of urea groups is 1. The van der Waals surface area contributed by atoms with Gasteiger partial charge in [-0.15, -0.1) is 0 Å².